The average molecular weight is 350 g/mol. The van der Waals surface area contributed by atoms with Crippen LogP contribution in [-0.4, -0.2) is 48.8 Å². The van der Waals surface area contributed by atoms with Crippen molar-refractivity contribution < 1.29 is 14.6 Å². The maximum Gasteiger partial charge on any atom is 0.223 e. The number of nitrogens with two attached hydrogens (primary N) is 2. The topological polar surface area (TPSA) is 102 Å². The number of β-amino-alcohol motifs (C(OH)–C–C–N with tert-alkyl or cyclic N) is 1. The fourth-order valence-electron chi connectivity index (χ4n) is 1.93. The van der Waals surface area contributed by atoms with E-state index < -0.39 is 0 Å². The molecule has 1 aliphatic heterocycles. The molecule has 1 unspecified atom stereocenters. The average Bonchev–Trinajstić information content (AvgIpc) is 3.00. The summed E-state index contributed by atoms with van der Waals surface area (Å²) >= 11 is 0. The van der Waals surface area contributed by atoms with Crippen molar-refractivity contribution in [2.75, 3.05) is 26.8 Å². The van der Waals surface area contributed by atoms with E-state index in [4.69, 9.17) is 4.74 Å². The Labute approximate surface area is 150 Å². The summed E-state index contributed by atoms with van der Waals surface area (Å²) < 4.78 is 5.07. The number of amides is 1. The number of carbonyl (C=O) groups is 1. The maximum absolute atomic E-state index is 11.8. The Hall–Kier alpha value is -0.950. The number of aliphatic hydroxyl groups is 1. The minimum Gasteiger partial charge on any atom is -0.391 e. The van der Waals surface area contributed by atoms with Crippen molar-refractivity contribution in [3.8, 4) is 0 Å². The zero-order chi connectivity index (χ0) is 20.2. The summed E-state index contributed by atoms with van der Waals surface area (Å²) in [6, 6.07) is 0. The van der Waals surface area contributed by atoms with Gasteiger partial charge in [0.15, 0.2) is 0 Å². The summed E-state index contributed by atoms with van der Waals surface area (Å²) in [4.78, 5) is 13.6. The minimum absolute atomic E-state index is 0.119. The largest absolute Gasteiger partial charge is 0.391 e. The molecule has 0 aromatic heterocycles. The third-order valence-corrected chi connectivity index (χ3v) is 2.68. The molecule has 1 fully saturated rings. The Morgan fingerprint density at radius 2 is 1.75 bits per heavy atom. The van der Waals surface area contributed by atoms with E-state index in [9.17, 15) is 9.90 Å². The van der Waals surface area contributed by atoms with Crippen molar-refractivity contribution in [2.45, 2.75) is 67.4 Å². The zero-order valence-corrected chi connectivity index (χ0v) is 17.3. The van der Waals surface area contributed by atoms with Gasteiger partial charge >= 0.3 is 0 Å². The fourth-order valence-corrected chi connectivity index (χ4v) is 1.93. The van der Waals surface area contributed by atoms with Crippen LogP contribution in [0.25, 0.3) is 0 Å². The summed E-state index contributed by atoms with van der Waals surface area (Å²) in [5, 5.41) is 9.33. The van der Waals surface area contributed by atoms with E-state index >= 15 is 0 Å². The highest BCUT2D eigenvalue weighted by Gasteiger charge is 2.29. The van der Waals surface area contributed by atoms with Crippen LogP contribution in [0.1, 0.15) is 61.3 Å². The number of ether oxygens (including phenoxy) is 1. The monoisotopic (exact) mass is 349 g/mol. The normalized spacial score (nSPS) is 15.1. The molecule has 1 amide bonds. The van der Waals surface area contributed by atoms with Gasteiger partial charge in [0.25, 0.3) is 0 Å². The molecule has 5 N–H and O–H groups in total. The van der Waals surface area contributed by atoms with Crippen LogP contribution in [-0.2, 0) is 9.53 Å². The zero-order valence-electron chi connectivity index (χ0n) is 17.3. The summed E-state index contributed by atoms with van der Waals surface area (Å²) in [5.74, 6) is 8.12. The van der Waals surface area contributed by atoms with E-state index in [1.54, 1.807) is 18.1 Å². The molecule has 24 heavy (non-hydrogen) atoms. The molecule has 0 spiro atoms. The molecule has 148 valence electrons. The van der Waals surface area contributed by atoms with Gasteiger partial charge in [-0.15, -0.1) is 6.58 Å². The predicted octanol–water partition coefficient (Wildman–Crippen LogP) is 2.71. The van der Waals surface area contributed by atoms with Gasteiger partial charge in [-0.1, -0.05) is 47.6 Å². The predicted molar refractivity (Wildman–Crippen MR) is 104 cm³/mol. The molecule has 0 bridgehead atoms. The lowest BCUT2D eigenvalue weighted by Crippen LogP contribution is -2.34. The van der Waals surface area contributed by atoms with Gasteiger partial charge < -0.3 is 14.7 Å². The van der Waals surface area contributed by atoms with E-state index in [1.165, 1.54) is 0 Å². The molecular weight excluding hydrogens is 306 g/mol. The second-order valence-electron chi connectivity index (χ2n) is 5.46. The van der Waals surface area contributed by atoms with Gasteiger partial charge in [0.1, 0.15) is 0 Å². The molecule has 1 aliphatic rings. The number of methoxy groups -OCH3 is 1. The summed E-state index contributed by atoms with van der Waals surface area (Å²) in [5.41, 5.74) is -0.126. The number of hydrogen-bond donors (Lipinski definition) is 3. The smallest absolute Gasteiger partial charge is 0.223 e. The molecule has 0 radical (unpaired) electrons. The van der Waals surface area contributed by atoms with Crippen LogP contribution in [0.15, 0.2) is 12.7 Å². The molecule has 0 aromatic carbocycles. The lowest BCUT2D eigenvalue weighted by Gasteiger charge is -2.25. The first kappa shape index (κ1) is 30.9. The first-order valence-corrected chi connectivity index (χ1v) is 8.71. The first-order chi connectivity index (χ1) is 11.4. The molecule has 0 saturated carbocycles. The number of allylic oxidation sites excluding steroid dienone is 1. The van der Waals surface area contributed by atoms with Gasteiger partial charge in [-0.3, -0.25) is 16.5 Å². The van der Waals surface area contributed by atoms with E-state index in [0.717, 1.165) is 0 Å². The SMILES string of the molecule is C=CC.CC.CC.COCC(C)(C)CC(=O)N1CCC(O)C1.NN. The maximum atomic E-state index is 11.8. The first-order valence-electron chi connectivity index (χ1n) is 8.71. The van der Waals surface area contributed by atoms with Crippen LogP contribution >= 0.6 is 0 Å². The molecule has 1 rings (SSSR count). The lowest BCUT2D eigenvalue weighted by atomic mass is 9.90. The van der Waals surface area contributed by atoms with Crippen LogP contribution in [0.4, 0.5) is 0 Å². The van der Waals surface area contributed by atoms with Crippen molar-refractivity contribution in [3.05, 3.63) is 12.7 Å². The van der Waals surface area contributed by atoms with E-state index in [-0.39, 0.29) is 17.4 Å². The molecular formula is C18H43N3O3. The Bertz CT molecular complexity index is 272. The van der Waals surface area contributed by atoms with Crippen LogP contribution in [0.2, 0.25) is 0 Å². The van der Waals surface area contributed by atoms with Crippen molar-refractivity contribution in [2.24, 2.45) is 17.1 Å². The number of aliphatic hydroxyl groups excluding tert-OH is 1. The number of nitrogens with zero attached hydrogens (tertiary/aromatic N) is 1. The Morgan fingerprint density at radius 3 is 2.04 bits per heavy atom. The summed E-state index contributed by atoms with van der Waals surface area (Å²) in [6.45, 7) is 19.0. The highest BCUT2D eigenvalue weighted by molar-refractivity contribution is 5.77. The summed E-state index contributed by atoms with van der Waals surface area (Å²) in [6.07, 6.45) is 2.60. The van der Waals surface area contributed by atoms with Crippen molar-refractivity contribution in [3.63, 3.8) is 0 Å². The van der Waals surface area contributed by atoms with Crippen molar-refractivity contribution in [1.82, 2.24) is 4.90 Å². The van der Waals surface area contributed by atoms with Gasteiger partial charge in [0.05, 0.1) is 12.7 Å². The number of likely N-dealkylation sites (tertiary alicyclic amines) is 1. The van der Waals surface area contributed by atoms with Crippen LogP contribution in [0.3, 0.4) is 0 Å². The van der Waals surface area contributed by atoms with Gasteiger partial charge in [0, 0.05) is 26.6 Å². The standard InChI is InChI=1S/C11H21NO3.C3H6.2C2H6.H4N2/c1-11(2,8-15-3)6-10(14)12-5-4-9(13)7-12;1-3-2;3*1-2/h9,13H,4-8H2,1-3H3;3H,1H2,2H3;2*1-2H3;1-2H2. The molecule has 0 aliphatic carbocycles. The fraction of sp³-hybridized carbons (Fsp3) is 0.833. The molecule has 6 nitrogen and oxygen atoms in total. The molecule has 6 heteroatoms. The van der Waals surface area contributed by atoms with E-state index in [2.05, 4.69) is 18.3 Å². The molecule has 1 heterocycles. The number of hydrazine groups is 1. The third-order valence-electron chi connectivity index (χ3n) is 2.68. The second-order valence-corrected chi connectivity index (χ2v) is 5.46. The van der Waals surface area contributed by atoms with Gasteiger partial charge in [-0.25, -0.2) is 0 Å². The lowest BCUT2D eigenvalue weighted by molar-refractivity contribution is -0.133. The van der Waals surface area contributed by atoms with Crippen molar-refractivity contribution >= 4 is 5.91 Å². The Kier molecular flexibility index (Phi) is 28.4. The molecule has 1 saturated heterocycles. The summed E-state index contributed by atoms with van der Waals surface area (Å²) in [7, 11) is 1.64. The number of rotatable bonds is 4. The van der Waals surface area contributed by atoms with Gasteiger partial charge in [0.2, 0.25) is 5.91 Å². The number of hydrogen-bond acceptors (Lipinski definition) is 5. The van der Waals surface area contributed by atoms with Crippen molar-refractivity contribution in [1.29, 1.82) is 0 Å². The highest BCUT2D eigenvalue weighted by Crippen LogP contribution is 2.23. The van der Waals surface area contributed by atoms with E-state index in [1.807, 2.05) is 48.5 Å². The Balaban J connectivity index is -0.000000190. The molecule has 0 aromatic rings. The van der Waals surface area contributed by atoms with E-state index in [0.29, 0.717) is 32.5 Å². The quantitative estimate of drug-likeness (QED) is 0.411. The minimum atomic E-state index is -0.334. The Morgan fingerprint density at radius 1 is 1.33 bits per heavy atom. The third kappa shape index (κ3) is 19.1. The van der Waals surface area contributed by atoms with Gasteiger partial charge in [-0.05, 0) is 18.8 Å². The van der Waals surface area contributed by atoms with Gasteiger partial charge in [-0.2, -0.15) is 0 Å². The molecule has 1 atom stereocenters. The van der Waals surface area contributed by atoms with Crippen LogP contribution in [0, 0.1) is 5.41 Å². The highest BCUT2D eigenvalue weighted by atomic mass is 16.5. The second kappa shape index (κ2) is 22.1. The van der Waals surface area contributed by atoms with Crippen LogP contribution in [0.5, 0.6) is 0 Å². The van der Waals surface area contributed by atoms with Crippen LogP contribution < -0.4 is 11.7 Å². The number of carbonyl (C=O) groups excluding carboxylic acids is 1.